The fourth-order valence-corrected chi connectivity index (χ4v) is 5.50. The first-order valence-electron chi connectivity index (χ1n) is 14.9. The molecule has 7 nitrogen and oxygen atoms in total. The van der Waals surface area contributed by atoms with E-state index in [1.165, 1.54) is 31.2 Å². The van der Waals surface area contributed by atoms with Gasteiger partial charge in [0.2, 0.25) is 0 Å². The molecule has 2 aromatic carbocycles. The Morgan fingerprint density at radius 2 is 1.70 bits per heavy atom. The van der Waals surface area contributed by atoms with Crippen LogP contribution in [0.4, 0.5) is 14.5 Å². The molecule has 44 heavy (non-hydrogen) atoms. The van der Waals surface area contributed by atoms with E-state index in [9.17, 15) is 19.1 Å². The summed E-state index contributed by atoms with van der Waals surface area (Å²) in [4.78, 5) is 32.5. The minimum absolute atomic E-state index is 0.0290. The summed E-state index contributed by atoms with van der Waals surface area (Å²) in [6, 6.07) is 10.5. The van der Waals surface area contributed by atoms with Gasteiger partial charge in [0, 0.05) is 43.3 Å². The topological polar surface area (TPSA) is 89.0 Å². The first-order chi connectivity index (χ1) is 20.6. The molecule has 1 fully saturated rings. The molecule has 2 heterocycles. The number of rotatable bonds is 10. The SMILES string of the molecule is CC(=O)c1nc(C)c(C(OC(C)(C)C)C(=O)O)c(N2CCC(C)(C)CC2)c1-c1ccc(OCCc2ccc(F)cc2)c(F)c1. The van der Waals surface area contributed by atoms with Crippen molar-refractivity contribution in [2.45, 2.75) is 79.4 Å². The van der Waals surface area contributed by atoms with Gasteiger partial charge in [0.1, 0.15) is 11.5 Å². The van der Waals surface area contributed by atoms with Crippen LogP contribution in [0, 0.1) is 24.0 Å². The number of piperidine rings is 1. The van der Waals surface area contributed by atoms with Gasteiger partial charge in [-0.3, -0.25) is 4.79 Å². The summed E-state index contributed by atoms with van der Waals surface area (Å²) in [6.07, 6.45) is 0.776. The highest BCUT2D eigenvalue weighted by Crippen LogP contribution is 2.45. The van der Waals surface area contributed by atoms with Gasteiger partial charge in [0.15, 0.2) is 23.5 Å². The molecule has 1 N–H and O–H groups in total. The molecule has 1 atom stereocenters. The second kappa shape index (κ2) is 13.0. The maximum atomic E-state index is 15.6. The maximum absolute atomic E-state index is 15.6. The van der Waals surface area contributed by atoms with Gasteiger partial charge in [-0.15, -0.1) is 0 Å². The van der Waals surface area contributed by atoms with Crippen LogP contribution in [0.2, 0.25) is 0 Å². The van der Waals surface area contributed by atoms with E-state index >= 15 is 4.39 Å². The molecule has 0 aliphatic carbocycles. The molecular formula is C35H42F2N2O5. The highest BCUT2D eigenvalue weighted by molar-refractivity contribution is 6.03. The standard InChI is InChI=1S/C35H42F2N2O5/c1-21-28(32(33(41)42)44-34(3,4)5)31(39-17-15-35(6,7)16-18-39)29(30(38-21)22(2)40)24-10-13-27(26(37)20-24)43-19-14-23-8-11-25(36)12-9-23/h8-13,20,32H,14-19H2,1-7H3,(H,41,42). The third kappa shape index (κ3) is 7.80. The lowest BCUT2D eigenvalue weighted by Crippen LogP contribution is -2.39. The molecule has 0 bridgehead atoms. The van der Waals surface area contributed by atoms with Crippen LogP contribution in [0.5, 0.6) is 5.75 Å². The van der Waals surface area contributed by atoms with E-state index in [0.717, 1.165) is 18.4 Å². The van der Waals surface area contributed by atoms with E-state index in [0.29, 0.717) is 47.6 Å². The van der Waals surface area contributed by atoms with Crippen LogP contribution in [-0.2, 0) is 16.0 Å². The fraction of sp³-hybridized carbons (Fsp3) is 0.457. The van der Waals surface area contributed by atoms with E-state index in [4.69, 9.17) is 9.47 Å². The van der Waals surface area contributed by atoms with Crippen LogP contribution >= 0.6 is 0 Å². The van der Waals surface area contributed by atoms with Crippen molar-refractivity contribution in [1.29, 1.82) is 0 Å². The van der Waals surface area contributed by atoms with Crippen molar-refractivity contribution in [2.24, 2.45) is 5.41 Å². The van der Waals surface area contributed by atoms with Crippen molar-refractivity contribution in [3.05, 3.63) is 76.6 Å². The number of halogens is 2. The first-order valence-corrected chi connectivity index (χ1v) is 14.9. The Balaban J connectivity index is 1.83. The summed E-state index contributed by atoms with van der Waals surface area (Å²) in [6.45, 7) is 14.2. The number of carboxylic acid groups (broad SMARTS) is 1. The minimum atomic E-state index is -1.37. The highest BCUT2D eigenvalue weighted by Gasteiger charge is 2.37. The Hall–Kier alpha value is -3.85. The predicted molar refractivity (Wildman–Crippen MR) is 166 cm³/mol. The Kier molecular flexibility index (Phi) is 9.78. The molecule has 0 saturated carbocycles. The summed E-state index contributed by atoms with van der Waals surface area (Å²) < 4.78 is 40.6. The van der Waals surface area contributed by atoms with E-state index < -0.39 is 23.5 Å². The molecule has 9 heteroatoms. The number of carbonyl (C=O) groups is 2. The number of Topliss-reactive ketones (excluding diaryl/α,β-unsaturated/α-hetero) is 1. The third-order valence-electron chi connectivity index (χ3n) is 7.90. The second-order valence-electron chi connectivity index (χ2n) is 13.2. The van der Waals surface area contributed by atoms with Crippen LogP contribution in [0.25, 0.3) is 11.1 Å². The largest absolute Gasteiger partial charge is 0.490 e. The Bertz CT molecular complexity index is 1520. The second-order valence-corrected chi connectivity index (χ2v) is 13.2. The van der Waals surface area contributed by atoms with Gasteiger partial charge in [-0.1, -0.05) is 32.0 Å². The number of carbonyl (C=O) groups excluding carboxylic acids is 1. The van der Waals surface area contributed by atoms with E-state index in [1.807, 2.05) is 0 Å². The van der Waals surface area contributed by atoms with Gasteiger partial charge in [-0.05, 0) is 81.3 Å². The summed E-state index contributed by atoms with van der Waals surface area (Å²) in [7, 11) is 0. The number of anilines is 1. The van der Waals surface area contributed by atoms with Gasteiger partial charge in [-0.25, -0.2) is 18.6 Å². The summed E-state index contributed by atoms with van der Waals surface area (Å²) in [5.41, 5.74) is 2.29. The monoisotopic (exact) mass is 608 g/mol. The Morgan fingerprint density at radius 1 is 1.07 bits per heavy atom. The van der Waals surface area contributed by atoms with Crippen molar-refractivity contribution in [1.82, 2.24) is 4.98 Å². The molecule has 1 unspecified atom stereocenters. The molecule has 3 aromatic rings. The Morgan fingerprint density at radius 3 is 2.25 bits per heavy atom. The predicted octanol–water partition coefficient (Wildman–Crippen LogP) is 7.73. The average Bonchev–Trinajstić information content (AvgIpc) is 2.93. The number of aromatic nitrogens is 1. The van der Waals surface area contributed by atoms with E-state index in [1.54, 1.807) is 45.9 Å². The third-order valence-corrected chi connectivity index (χ3v) is 7.90. The molecular weight excluding hydrogens is 566 g/mol. The van der Waals surface area contributed by atoms with Crippen LogP contribution in [0.15, 0.2) is 42.5 Å². The van der Waals surface area contributed by atoms with Crippen molar-refractivity contribution in [3.63, 3.8) is 0 Å². The zero-order valence-corrected chi connectivity index (χ0v) is 26.6. The number of carboxylic acids is 1. The number of aryl methyl sites for hydroxylation is 1. The van der Waals surface area contributed by atoms with E-state index in [-0.39, 0.29) is 35.1 Å². The number of hydrogen-bond donors (Lipinski definition) is 1. The number of benzene rings is 2. The van der Waals surface area contributed by atoms with Gasteiger partial charge in [-0.2, -0.15) is 0 Å². The lowest BCUT2D eigenvalue weighted by Gasteiger charge is -2.41. The van der Waals surface area contributed by atoms with Crippen LogP contribution < -0.4 is 9.64 Å². The van der Waals surface area contributed by atoms with Gasteiger partial charge < -0.3 is 19.5 Å². The molecule has 1 aromatic heterocycles. The number of ketones is 1. The number of nitrogens with zero attached hydrogens (tertiary/aromatic N) is 2. The lowest BCUT2D eigenvalue weighted by molar-refractivity contribution is -0.160. The van der Waals surface area contributed by atoms with Gasteiger partial charge in [0.25, 0.3) is 0 Å². The zero-order valence-electron chi connectivity index (χ0n) is 26.6. The van der Waals surface area contributed by atoms with Crippen molar-refractivity contribution < 1.29 is 33.0 Å². The minimum Gasteiger partial charge on any atom is -0.490 e. The number of aliphatic carboxylic acids is 1. The summed E-state index contributed by atoms with van der Waals surface area (Å²) in [5.74, 6) is -2.44. The molecule has 1 aliphatic heterocycles. The molecule has 236 valence electrons. The lowest BCUT2D eigenvalue weighted by atomic mass is 9.81. The van der Waals surface area contributed by atoms with Gasteiger partial charge in [0.05, 0.1) is 17.9 Å². The average molecular weight is 609 g/mol. The van der Waals surface area contributed by atoms with Crippen LogP contribution in [0.1, 0.15) is 87.8 Å². The molecule has 0 spiro atoms. The molecule has 1 saturated heterocycles. The smallest absolute Gasteiger partial charge is 0.337 e. The molecule has 0 amide bonds. The number of pyridine rings is 1. The maximum Gasteiger partial charge on any atom is 0.337 e. The van der Waals surface area contributed by atoms with Crippen LogP contribution in [0.3, 0.4) is 0 Å². The summed E-state index contributed by atoms with van der Waals surface area (Å²) in [5, 5.41) is 10.4. The quantitative estimate of drug-likeness (QED) is 0.236. The fourth-order valence-electron chi connectivity index (χ4n) is 5.50. The normalized spacial score (nSPS) is 15.6. The highest BCUT2D eigenvalue weighted by atomic mass is 19.1. The zero-order chi connectivity index (χ0) is 32.4. The van der Waals surface area contributed by atoms with Crippen LogP contribution in [-0.4, -0.2) is 47.1 Å². The number of ether oxygens (including phenoxy) is 2. The van der Waals surface area contributed by atoms with Crippen molar-refractivity contribution in [3.8, 4) is 16.9 Å². The number of hydrogen-bond acceptors (Lipinski definition) is 6. The first kappa shape index (κ1) is 33.1. The van der Waals surface area contributed by atoms with Crippen molar-refractivity contribution >= 4 is 17.4 Å². The van der Waals surface area contributed by atoms with Crippen molar-refractivity contribution in [2.75, 3.05) is 24.6 Å². The Labute approximate surface area is 258 Å². The molecule has 4 rings (SSSR count). The molecule has 1 aliphatic rings. The molecule has 0 radical (unpaired) electrons. The van der Waals surface area contributed by atoms with Gasteiger partial charge >= 0.3 is 5.97 Å². The summed E-state index contributed by atoms with van der Waals surface area (Å²) >= 11 is 0. The van der Waals surface area contributed by atoms with E-state index in [2.05, 4.69) is 23.7 Å².